The molecule has 1 aliphatic carbocycles. The van der Waals surface area contributed by atoms with E-state index in [0.29, 0.717) is 23.9 Å². The zero-order valence-corrected chi connectivity index (χ0v) is 24.0. The van der Waals surface area contributed by atoms with Gasteiger partial charge >= 0.3 is 0 Å². The lowest BCUT2D eigenvalue weighted by atomic mass is 9.75. The van der Waals surface area contributed by atoms with Gasteiger partial charge in [0.05, 0.1) is 5.76 Å². The van der Waals surface area contributed by atoms with E-state index in [-0.39, 0.29) is 0 Å². The Morgan fingerprint density at radius 3 is 2.51 bits per heavy atom. The maximum atomic E-state index is 6.45. The van der Waals surface area contributed by atoms with Crippen LogP contribution in [0.2, 0.25) is 5.02 Å². The Bertz CT molecular complexity index is 952. The summed E-state index contributed by atoms with van der Waals surface area (Å²) in [7, 11) is 0. The van der Waals surface area contributed by atoms with Crippen LogP contribution in [-0.2, 0) is 4.74 Å². The topological polar surface area (TPSA) is 25.4 Å². The van der Waals surface area contributed by atoms with Gasteiger partial charge in [-0.25, -0.2) is 0 Å². The molecule has 202 valence electrons. The highest BCUT2D eigenvalue weighted by Gasteiger charge is 2.32. The monoisotopic (exact) mass is 522 g/mol. The number of nitrogens with zero attached hydrogens (tertiary/aromatic N) is 2. The smallest absolute Gasteiger partial charge is 0.101 e. The van der Waals surface area contributed by atoms with Gasteiger partial charge in [-0.3, -0.25) is 4.98 Å². The Morgan fingerprint density at radius 2 is 1.84 bits per heavy atom. The molecule has 37 heavy (non-hydrogen) atoms. The summed E-state index contributed by atoms with van der Waals surface area (Å²) in [5, 5.41) is 0.790. The molecule has 1 aromatic heterocycles. The summed E-state index contributed by atoms with van der Waals surface area (Å²) in [6.07, 6.45) is 11.9. The van der Waals surface area contributed by atoms with Crippen LogP contribution in [0.5, 0.6) is 0 Å². The molecule has 0 spiro atoms. The predicted octanol–water partition coefficient (Wildman–Crippen LogP) is 8.74. The van der Waals surface area contributed by atoms with E-state index in [1.54, 1.807) is 0 Å². The highest BCUT2D eigenvalue weighted by Crippen LogP contribution is 2.37. The average molecular weight is 523 g/mol. The Balaban J connectivity index is 1.21. The quantitative estimate of drug-likeness (QED) is 0.276. The summed E-state index contributed by atoms with van der Waals surface area (Å²) < 4.78 is 6.45. The number of piperidine rings is 1. The molecule has 0 radical (unpaired) electrons. The number of hydrogen-bond acceptors (Lipinski definition) is 3. The Hall–Kier alpha value is -1.84. The van der Waals surface area contributed by atoms with Crippen molar-refractivity contribution in [3.8, 4) is 0 Å². The van der Waals surface area contributed by atoms with E-state index in [2.05, 4.69) is 56.5 Å². The Kier molecular flexibility index (Phi) is 10.5. The van der Waals surface area contributed by atoms with E-state index >= 15 is 0 Å². The molecule has 1 saturated carbocycles. The largest absolute Gasteiger partial charge is 0.495 e. The van der Waals surface area contributed by atoms with E-state index in [9.17, 15) is 0 Å². The van der Waals surface area contributed by atoms with Crippen molar-refractivity contribution in [3.05, 3.63) is 77.3 Å². The van der Waals surface area contributed by atoms with Crippen molar-refractivity contribution < 1.29 is 4.74 Å². The highest BCUT2D eigenvalue weighted by atomic mass is 35.5. The summed E-state index contributed by atoms with van der Waals surface area (Å²) in [4.78, 5) is 7.35. The Labute approximate surface area is 230 Å². The first kappa shape index (κ1) is 28.2. The second-order valence-electron chi connectivity index (χ2n) is 12.0. The number of likely N-dealkylation sites (tertiary alicyclic amines) is 1. The van der Waals surface area contributed by atoms with Crippen LogP contribution in [0.4, 0.5) is 0 Å². The summed E-state index contributed by atoms with van der Waals surface area (Å²) >= 11 is 6.17. The number of aromatic nitrogens is 1. The Morgan fingerprint density at radius 1 is 1.08 bits per heavy atom. The minimum Gasteiger partial charge on any atom is -0.495 e. The molecule has 4 heteroatoms. The number of benzene rings is 1. The molecule has 0 bridgehead atoms. The second-order valence-corrected chi connectivity index (χ2v) is 12.4. The summed E-state index contributed by atoms with van der Waals surface area (Å²) in [6.45, 7) is 14.9. The molecule has 2 aromatic rings. The number of hydrogen-bond donors (Lipinski definition) is 0. The summed E-state index contributed by atoms with van der Waals surface area (Å²) in [6, 6.07) is 14.6. The fourth-order valence-corrected chi connectivity index (χ4v) is 6.63. The van der Waals surface area contributed by atoms with Gasteiger partial charge in [0, 0.05) is 29.3 Å². The third-order valence-corrected chi connectivity index (χ3v) is 9.05. The number of halogens is 1. The van der Waals surface area contributed by atoms with Crippen LogP contribution >= 0.6 is 11.6 Å². The van der Waals surface area contributed by atoms with Crippen LogP contribution < -0.4 is 0 Å². The average Bonchev–Trinajstić information content (AvgIpc) is 2.89. The van der Waals surface area contributed by atoms with E-state index < -0.39 is 0 Å². The summed E-state index contributed by atoms with van der Waals surface area (Å²) in [5.74, 6) is 4.18. The van der Waals surface area contributed by atoms with Crippen LogP contribution in [0.3, 0.4) is 0 Å². The van der Waals surface area contributed by atoms with Crippen LogP contribution in [0.25, 0.3) is 0 Å². The number of ether oxygens (including phenoxy) is 1. The minimum absolute atomic E-state index is 0.327. The van der Waals surface area contributed by atoms with Crippen molar-refractivity contribution in [2.45, 2.75) is 84.2 Å². The molecule has 4 rings (SSSR count). The first-order valence-electron chi connectivity index (χ1n) is 14.6. The molecule has 4 atom stereocenters. The van der Waals surface area contributed by atoms with Gasteiger partial charge in [-0.2, -0.15) is 0 Å². The van der Waals surface area contributed by atoms with E-state index in [0.717, 1.165) is 54.1 Å². The molecule has 2 heterocycles. The normalized spacial score (nSPS) is 24.2. The van der Waals surface area contributed by atoms with Crippen molar-refractivity contribution in [2.75, 3.05) is 19.6 Å². The van der Waals surface area contributed by atoms with Gasteiger partial charge in [0.15, 0.2) is 0 Å². The van der Waals surface area contributed by atoms with Gasteiger partial charge < -0.3 is 9.64 Å². The zero-order valence-electron chi connectivity index (χ0n) is 23.2. The maximum absolute atomic E-state index is 6.45. The van der Waals surface area contributed by atoms with Crippen molar-refractivity contribution >= 4 is 11.6 Å². The van der Waals surface area contributed by atoms with Crippen LogP contribution in [-0.4, -0.2) is 35.6 Å². The van der Waals surface area contributed by atoms with Crippen LogP contribution in [0, 0.1) is 23.7 Å². The standard InChI is InChI=1S/C33H47ClN2O/c1-24(2)30-15-10-25(3)22-33(30)37-26(4)8-7-19-36-20-16-27(17-21-36)23-31(32-9-5-6-18-35-32)28-11-13-29(34)14-12-28/h5-6,9,11-14,18,24-25,27,30-31,33H,4,7-8,10,15-17,19-23H2,1-3H3/t25-,30+,31+,33-/m1/s1. The van der Waals surface area contributed by atoms with Crippen molar-refractivity contribution in [3.63, 3.8) is 0 Å². The van der Waals surface area contributed by atoms with Gasteiger partial charge in [0.2, 0.25) is 0 Å². The molecular weight excluding hydrogens is 476 g/mol. The number of allylic oxidation sites excluding steroid dienone is 1. The summed E-state index contributed by atoms with van der Waals surface area (Å²) in [5.41, 5.74) is 2.48. The van der Waals surface area contributed by atoms with Crippen molar-refractivity contribution in [1.29, 1.82) is 0 Å². The molecule has 0 N–H and O–H groups in total. The van der Waals surface area contributed by atoms with Gasteiger partial charge in [-0.15, -0.1) is 0 Å². The number of pyridine rings is 1. The zero-order chi connectivity index (χ0) is 26.2. The molecular formula is C33H47ClN2O. The van der Waals surface area contributed by atoms with Gasteiger partial charge in [0.25, 0.3) is 0 Å². The SMILES string of the molecule is C=C(CCCN1CCC(C[C@@H](c2ccc(Cl)cc2)c2ccccn2)CC1)O[C@@H]1C[C@H](C)CC[C@H]1C(C)C. The minimum atomic E-state index is 0.327. The molecule has 0 amide bonds. The first-order chi connectivity index (χ1) is 17.9. The molecule has 1 aromatic carbocycles. The maximum Gasteiger partial charge on any atom is 0.101 e. The highest BCUT2D eigenvalue weighted by molar-refractivity contribution is 6.30. The van der Waals surface area contributed by atoms with E-state index in [1.807, 2.05) is 24.4 Å². The molecule has 2 fully saturated rings. The van der Waals surface area contributed by atoms with Crippen LogP contribution in [0.1, 0.15) is 89.3 Å². The lowest BCUT2D eigenvalue weighted by Crippen LogP contribution is -2.35. The first-order valence-corrected chi connectivity index (χ1v) is 15.0. The molecule has 0 unspecified atom stereocenters. The molecule has 3 nitrogen and oxygen atoms in total. The third-order valence-electron chi connectivity index (χ3n) is 8.80. The van der Waals surface area contributed by atoms with Crippen molar-refractivity contribution in [2.24, 2.45) is 23.7 Å². The van der Waals surface area contributed by atoms with Gasteiger partial charge in [-0.1, -0.05) is 63.6 Å². The van der Waals surface area contributed by atoms with Crippen molar-refractivity contribution in [1.82, 2.24) is 9.88 Å². The van der Waals surface area contributed by atoms with Gasteiger partial charge in [-0.05, 0) is 112 Å². The van der Waals surface area contributed by atoms with Crippen LogP contribution in [0.15, 0.2) is 61.0 Å². The molecule has 2 aliphatic rings. The number of rotatable bonds is 11. The molecule has 1 aliphatic heterocycles. The fraction of sp³-hybridized carbons (Fsp3) is 0.606. The van der Waals surface area contributed by atoms with E-state index in [4.69, 9.17) is 21.3 Å². The predicted molar refractivity (Wildman–Crippen MR) is 156 cm³/mol. The fourth-order valence-electron chi connectivity index (χ4n) is 6.51. The third kappa shape index (κ3) is 8.32. The lowest BCUT2D eigenvalue weighted by Gasteiger charge is -2.38. The molecule has 1 saturated heterocycles. The second kappa shape index (κ2) is 13.8. The van der Waals surface area contributed by atoms with E-state index in [1.165, 1.54) is 50.8 Å². The van der Waals surface area contributed by atoms with Gasteiger partial charge in [0.1, 0.15) is 6.10 Å². The lowest BCUT2D eigenvalue weighted by molar-refractivity contribution is -0.00442.